The number of carboxylic acids is 1. The zero-order valence-corrected chi connectivity index (χ0v) is 18.4. The van der Waals surface area contributed by atoms with E-state index in [1.165, 1.54) is 17.0 Å². The normalized spacial score (nSPS) is 16.1. The number of aromatic nitrogens is 1. The van der Waals surface area contributed by atoms with E-state index >= 15 is 0 Å². The van der Waals surface area contributed by atoms with Crippen molar-refractivity contribution in [1.82, 2.24) is 15.2 Å². The molecule has 2 amide bonds. The highest BCUT2D eigenvalue weighted by Crippen LogP contribution is 2.36. The maximum atomic E-state index is 13.4. The molecule has 0 saturated carbocycles. The largest absolute Gasteiger partial charge is 0.480 e. The Morgan fingerprint density at radius 2 is 1.82 bits per heavy atom. The molecule has 0 saturated heterocycles. The lowest BCUT2D eigenvalue weighted by Gasteiger charge is -2.30. The van der Waals surface area contributed by atoms with Crippen molar-refractivity contribution in [3.8, 4) is 0 Å². The van der Waals surface area contributed by atoms with Gasteiger partial charge in [0.05, 0.1) is 5.56 Å². The summed E-state index contributed by atoms with van der Waals surface area (Å²) in [5.74, 6) is -1.69. The third-order valence-electron chi connectivity index (χ3n) is 6.23. The fourth-order valence-corrected chi connectivity index (χ4v) is 4.38. The van der Waals surface area contributed by atoms with Crippen LogP contribution in [0, 0.1) is 0 Å². The molecule has 4 rings (SSSR count). The third-order valence-corrected chi connectivity index (χ3v) is 6.23. The predicted octanol–water partition coefficient (Wildman–Crippen LogP) is 5.24. The lowest BCUT2D eigenvalue weighted by atomic mass is 9.92. The second kappa shape index (κ2) is 9.24. The van der Waals surface area contributed by atoms with Crippen LogP contribution in [0.5, 0.6) is 0 Å². The van der Waals surface area contributed by atoms with Crippen molar-refractivity contribution < 1.29 is 27.9 Å². The van der Waals surface area contributed by atoms with Gasteiger partial charge in [-0.1, -0.05) is 49.4 Å². The number of amides is 2. The Hall–Kier alpha value is -3.75. The Morgan fingerprint density at radius 3 is 2.50 bits per heavy atom. The van der Waals surface area contributed by atoms with E-state index in [0.29, 0.717) is 5.57 Å². The molecule has 3 N–H and O–H groups in total. The molecule has 1 aliphatic heterocycles. The number of nitrogens with one attached hydrogen (secondary N) is 2. The molecule has 0 spiro atoms. The van der Waals surface area contributed by atoms with Crippen molar-refractivity contribution in [1.29, 1.82) is 0 Å². The number of nitrogens with zero attached hydrogens (tertiary/aromatic N) is 1. The molecule has 2 heterocycles. The molecule has 0 aliphatic carbocycles. The zero-order valence-electron chi connectivity index (χ0n) is 18.4. The van der Waals surface area contributed by atoms with Crippen LogP contribution in [0.2, 0.25) is 0 Å². The Morgan fingerprint density at radius 1 is 1.12 bits per heavy atom. The second-order valence-electron chi connectivity index (χ2n) is 8.31. The van der Waals surface area contributed by atoms with E-state index in [4.69, 9.17) is 0 Å². The molecule has 34 heavy (non-hydrogen) atoms. The molecule has 2 aromatic carbocycles. The Balaban J connectivity index is 1.48. The highest BCUT2D eigenvalue weighted by molar-refractivity contribution is 5.87. The van der Waals surface area contributed by atoms with Crippen molar-refractivity contribution in [3.63, 3.8) is 0 Å². The highest BCUT2D eigenvalue weighted by Gasteiger charge is 2.35. The van der Waals surface area contributed by atoms with Gasteiger partial charge in [0.2, 0.25) is 0 Å². The average molecular weight is 471 g/mol. The average Bonchev–Trinajstić information content (AvgIpc) is 3.25. The minimum absolute atomic E-state index is 0.0845. The number of hydrogen-bond donors (Lipinski definition) is 3. The second-order valence-corrected chi connectivity index (χ2v) is 8.31. The number of aromatic amines is 1. The topological polar surface area (TPSA) is 85.4 Å². The zero-order chi connectivity index (χ0) is 24.5. The first-order valence-electron chi connectivity index (χ1n) is 10.9. The molecule has 1 aliphatic rings. The number of carbonyl (C=O) groups excluding carboxylic acids is 1. The molecule has 1 aromatic heterocycles. The molecule has 9 heteroatoms. The van der Waals surface area contributed by atoms with Crippen LogP contribution < -0.4 is 5.32 Å². The number of rotatable bonds is 5. The highest BCUT2D eigenvalue weighted by atomic mass is 19.4. The van der Waals surface area contributed by atoms with E-state index in [9.17, 15) is 27.9 Å². The van der Waals surface area contributed by atoms with Gasteiger partial charge in [-0.25, -0.2) is 9.59 Å². The molecule has 6 nitrogen and oxygen atoms in total. The summed E-state index contributed by atoms with van der Waals surface area (Å²) < 4.78 is 40.1. The van der Waals surface area contributed by atoms with E-state index in [1.54, 1.807) is 25.3 Å². The van der Waals surface area contributed by atoms with Gasteiger partial charge in [0, 0.05) is 36.1 Å². The van der Waals surface area contributed by atoms with Gasteiger partial charge in [0.1, 0.15) is 6.04 Å². The van der Waals surface area contributed by atoms with Crippen molar-refractivity contribution in [2.45, 2.75) is 31.5 Å². The minimum atomic E-state index is -4.47. The monoisotopic (exact) mass is 471 g/mol. The molecule has 0 radical (unpaired) electrons. The Bertz CT molecular complexity index is 1250. The smallest absolute Gasteiger partial charge is 0.416 e. The standard InChI is InChI=1S/C25H24F3N3O3/c1-15(19-14-29-21-9-5-3-7-18(19)21)22(23(32)33)30-24(34)31-12-10-16(11-13-31)17-6-2-4-8-20(17)25(26,27)28/h2-10,14-15,22,29H,11-13H2,1H3,(H,30,34)(H,32,33)/t15-,22+/m0/s1. The van der Waals surface area contributed by atoms with Crippen LogP contribution in [0.1, 0.15) is 36.0 Å². The van der Waals surface area contributed by atoms with Gasteiger partial charge < -0.3 is 20.3 Å². The lowest BCUT2D eigenvalue weighted by molar-refractivity contribution is -0.140. The molecular formula is C25H24F3N3O3. The molecule has 178 valence electrons. The van der Waals surface area contributed by atoms with Gasteiger partial charge in [-0.05, 0) is 35.3 Å². The number of hydrogen-bond acceptors (Lipinski definition) is 2. The van der Waals surface area contributed by atoms with Crippen molar-refractivity contribution >= 4 is 28.5 Å². The number of carbonyl (C=O) groups is 2. The summed E-state index contributed by atoms with van der Waals surface area (Å²) in [7, 11) is 0. The first kappa shape index (κ1) is 23.4. The Labute approximate surface area is 194 Å². The van der Waals surface area contributed by atoms with Gasteiger partial charge in [0.15, 0.2) is 0 Å². The number of carboxylic acid groups (broad SMARTS) is 1. The van der Waals surface area contributed by atoms with E-state index in [2.05, 4.69) is 10.3 Å². The summed E-state index contributed by atoms with van der Waals surface area (Å²) in [5.41, 5.74) is 1.54. The number of fused-ring (bicyclic) bond motifs is 1. The number of para-hydroxylation sites is 1. The van der Waals surface area contributed by atoms with Crippen molar-refractivity contribution in [2.75, 3.05) is 13.1 Å². The Kier molecular flexibility index (Phi) is 6.37. The quantitative estimate of drug-likeness (QED) is 0.476. The van der Waals surface area contributed by atoms with Crippen LogP contribution in [0.25, 0.3) is 16.5 Å². The lowest BCUT2D eigenvalue weighted by Crippen LogP contribution is -2.50. The van der Waals surface area contributed by atoms with Crippen molar-refractivity contribution in [2.24, 2.45) is 0 Å². The maximum absolute atomic E-state index is 13.4. The summed E-state index contributed by atoms with van der Waals surface area (Å²) in [6.07, 6.45) is -0.909. The molecule has 2 atom stereocenters. The van der Waals surface area contributed by atoms with E-state index in [1.807, 2.05) is 24.3 Å². The fourth-order valence-electron chi connectivity index (χ4n) is 4.38. The molecule has 0 fully saturated rings. The maximum Gasteiger partial charge on any atom is 0.416 e. The number of aliphatic carboxylic acids is 1. The van der Waals surface area contributed by atoms with Crippen LogP contribution in [-0.4, -0.2) is 46.1 Å². The number of halogens is 3. The summed E-state index contributed by atoms with van der Waals surface area (Å²) in [6, 6.07) is 11.1. The van der Waals surface area contributed by atoms with Gasteiger partial charge in [-0.3, -0.25) is 0 Å². The SMILES string of the molecule is C[C@@H](c1c[nH]c2ccccc12)[C@@H](NC(=O)N1CC=C(c2ccccc2C(F)(F)F)CC1)C(=O)O. The summed E-state index contributed by atoms with van der Waals surface area (Å²) in [6.45, 7) is 2.00. The molecule has 3 aromatic rings. The number of benzene rings is 2. The van der Waals surface area contributed by atoms with Gasteiger partial charge in [-0.15, -0.1) is 0 Å². The third kappa shape index (κ3) is 4.64. The van der Waals surface area contributed by atoms with Crippen LogP contribution in [0.4, 0.5) is 18.0 Å². The summed E-state index contributed by atoms with van der Waals surface area (Å²) in [4.78, 5) is 29.4. The van der Waals surface area contributed by atoms with E-state index < -0.39 is 35.7 Å². The van der Waals surface area contributed by atoms with E-state index in [0.717, 1.165) is 22.5 Å². The van der Waals surface area contributed by atoms with Gasteiger partial charge in [0.25, 0.3) is 0 Å². The van der Waals surface area contributed by atoms with Gasteiger partial charge in [-0.2, -0.15) is 13.2 Å². The summed E-state index contributed by atoms with van der Waals surface area (Å²) in [5, 5.41) is 13.3. The first-order chi connectivity index (χ1) is 16.2. The molecule has 0 unspecified atom stereocenters. The predicted molar refractivity (Wildman–Crippen MR) is 122 cm³/mol. The molecular weight excluding hydrogens is 447 g/mol. The number of H-pyrrole nitrogens is 1. The molecule has 0 bridgehead atoms. The summed E-state index contributed by atoms with van der Waals surface area (Å²) >= 11 is 0. The minimum Gasteiger partial charge on any atom is -0.480 e. The fraction of sp³-hybridized carbons (Fsp3) is 0.280. The van der Waals surface area contributed by atoms with Crippen LogP contribution in [-0.2, 0) is 11.0 Å². The first-order valence-corrected chi connectivity index (χ1v) is 10.9. The van der Waals surface area contributed by atoms with E-state index in [-0.39, 0.29) is 25.1 Å². The number of alkyl halides is 3. The van der Waals surface area contributed by atoms with Crippen LogP contribution >= 0.6 is 0 Å². The van der Waals surface area contributed by atoms with Gasteiger partial charge >= 0.3 is 18.2 Å². The van der Waals surface area contributed by atoms with Crippen molar-refractivity contribution in [3.05, 3.63) is 77.5 Å². The van der Waals surface area contributed by atoms with Crippen LogP contribution in [0.15, 0.2) is 60.8 Å². The number of urea groups is 1. The van der Waals surface area contributed by atoms with Crippen LogP contribution in [0.3, 0.4) is 0 Å².